The largest absolute Gasteiger partial charge is 0.398 e. The number of amidine groups is 1. The summed E-state index contributed by atoms with van der Waals surface area (Å²) in [5, 5.41) is 14.9. The van der Waals surface area contributed by atoms with Crippen LogP contribution in [0.3, 0.4) is 0 Å². The minimum absolute atomic E-state index is 0.155. The molecule has 2 heterocycles. The van der Waals surface area contributed by atoms with Gasteiger partial charge in [0.2, 0.25) is 0 Å². The standard InChI is InChI=1S/C31H36F2N6O2/c1-38(2)25-17-39(18-25)24-4-5-26(29(16-24)36-23-7-9-41-10-8-23)31(40)37-30(35)27-14-19(3-6-28(27)34)11-20-12-21(32)15-22(33)13-20/h3-6,12-16,23,25,36H,7-11,17-18,34H2,1-2H3,(H2,35,37,40). The van der Waals surface area contributed by atoms with Crippen molar-refractivity contribution in [3.63, 3.8) is 0 Å². The molecule has 3 aromatic rings. The van der Waals surface area contributed by atoms with Gasteiger partial charge in [0.05, 0.1) is 5.56 Å². The summed E-state index contributed by atoms with van der Waals surface area (Å²) in [5.41, 5.74) is 10.1. The molecule has 0 aliphatic carbocycles. The van der Waals surface area contributed by atoms with Crippen molar-refractivity contribution < 1.29 is 18.3 Å². The molecule has 5 rings (SSSR count). The van der Waals surface area contributed by atoms with Crippen molar-refractivity contribution in [2.45, 2.75) is 31.3 Å². The van der Waals surface area contributed by atoms with Crippen LogP contribution in [-0.2, 0) is 11.2 Å². The third kappa shape index (κ3) is 6.83. The number of likely N-dealkylation sites (N-methyl/N-ethyl adjacent to an activating group) is 1. The SMILES string of the molecule is CN(C)C1CN(c2ccc(C(=O)NC(=N)c3cc(Cc4cc(F)cc(F)c4)ccc3N)c(NC3CCOCC3)c2)C1. The summed E-state index contributed by atoms with van der Waals surface area (Å²) in [6.07, 6.45) is 1.92. The topological polar surface area (TPSA) is 107 Å². The van der Waals surface area contributed by atoms with Crippen LogP contribution in [0.15, 0.2) is 54.6 Å². The van der Waals surface area contributed by atoms with E-state index in [0.717, 1.165) is 37.7 Å². The van der Waals surface area contributed by atoms with Crippen molar-refractivity contribution in [2.24, 2.45) is 0 Å². The summed E-state index contributed by atoms with van der Waals surface area (Å²) >= 11 is 0. The van der Waals surface area contributed by atoms with E-state index in [-0.39, 0.29) is 18.3 Å². The van der Waals surface area contributed by atoms with Gasteiger partial charge in [0.15, 0.2) is 0 Å². The maximum atomic E-state index is 13.7. The number of carbonyl (C=O) groups excluding carboxylic acids is 1. The number of rotatable bonds is 8. The summed E-state index contributed by atoms with van der Waals surface area (Å²) < 4.78 is 32.8. The zero-order valence-electron chi connectivity index (χ0n) is 23.3. The van der Waals surface area contributed by atoms with Crippen molar-refractivity contribution >= 4 is 28.8 Å². The fraction of sp³-hybridized carbons (Fsp3) is 0.355. The molecule has 0 radical (unpaired) electrons. The van der Waals surface area contributed by atoms with Crippen molar-refractivity contribution in [1.82, 2.24) is 10.2 Å². The molecule has 2 aliphatic heterocycles. The van der Waals surface area contributed by atoms with Crippen LogP contribution >= 0.6 is 0 Å². The molecule has 10 heteroatoms. The molecule has 1 amide bonds. The fourth-order valence-corrected chi connectivity index (χ4v) is 5.23. The third-order valence-corrected chi connectivity index (χ3v) is 7.74. The second kappa shape index (κ2) is 12.2. The molecular weight excluding hydrogens is 526 g/mol. The Balaban J connectivity index is 1.34. The molecule has 0 atom stereocenters. The number of nitrogen functional groups attached to an aromatic ring is 1. The lowest BCUT2D eigenvalue weighted by Crippen LogP contribution is -2.57. The first-order chi connectivity index (χ1) is 19.7. The van der Waals surface area contributed by atoms with Crippen molar-refractivity contribution in [1.29, 1.82) is 5.41 Å². The van der Waals surface area contributed by atoms with Crippen LogP contribution in [0.1, 0.15) is 39.9 Å². The average Bonchev–Trinajstić information content (AvgIpc) is 2.89. The van der Waals surface area contributed by atoms with E-state index < -0.39 is 17.5 Å². The Morgan fingerprint density at radius 2 is 1.71 bits per heavy atom. The number of hydrogen-bond acceptors (Lipinski definition) is 7. The van der Waals surface area contributed by atoms with Gasteiger partial charge in [-0.05, 0) is 86.9 Å². The van der Waals surface area contributed by atoms with E-state index >= 15 is 0 Å². The first-order valence-electron chi connectivity index (χ1n) is 13.8. The van der Waals surface area contributed by atoms with Crippen LogP contribution in [0.25, 0.3) is 0 Å². The van der Waals surface area contributed by atoms with E-state index in [1.807, 2.05) is 12.1 Å². The van der Waals surface area contributed by atoms with Crippen molar-refractivity contribution in [3.8, 4) is 0 Å². The van der Waals surface area contributed by atoms with Crippen LogP contribution in [0.4, 0.5) is 25.8 Å². The summed E-state index contributed by atoms with van der Waals surface area (Å²) in [6.45, 7) is 3.16. The van der Waals surface area contributed by atoms with Gasteiger partial charge in [-0.3, -0.25) is 10.2 Å². The maximum absolute atomic E-state index is 13.7. The number of nitrogens with two attached hydrogens (primary N) is 1. The van der Waals surface area contributed by atoms with E-state index in [1.54, 1.807) is 24.3 Å². The Labute approximate surface area is 239 Å². The lowest BCUT2D eigenvalue weighted by atomic mass is 10.0. The van der Waals surface area contributed by atoms with Gasteiger partial charge in [-0.2, -0.15) is 0 Å². The number of ether oxygens (including phenoxy) is 1. The normalized spacial score (nSPS) is 16.0. The number of benzene rings is 3. The molecule has 0 spiro atoms. The van der Waals surface area contributed by atoms with Gasteiger partial charge in [-0.15, -0.1) is 0 Å². The van der Waals surface area contributed by atoms with Crippen LogP contribution in [0.2, 0.25) is 0 Å². The van der Waals surface area contributed by atoms with Crippen LogP contribution in [0.5, 0.6) is 0 Å². The highest BCUT2D eigenvalue weighted by atomic mass is 19.1. The smallest absolute Gasteiger partial charge is 0.258 e. The van der Waals surface area contributed by atoms with Gasteiger partial charge in [-0.1, -0.05) is 6.07 Å². The monoisotopic (exact) mass is 562 g/mol. The molecule has 2 saturated heterocycles. The quantitative estimate of drug-likeness (QED) is 0.186. The van der Waals surface area contributed by atoms with Crippen LogP contribution < -0.4 is 21.3 Å². The van der Waals surface area contributed by atoms with Gasteiger partial charge in [0.1, 0.15) is 17.5 Å². The van der Waals surface area contributed by atoms with Gasteiger partial charge < -0.3 is 30.9 Å². The molecule has 2 fully saturated rings. The maximum Gasteiger partial charge on any atom is 0.258 e. The summed E-state index contributed by atoms with van der Waals surface area (Å²) in [7, 11) is 4.15. The molecule has 2 aliphatic rings. The predicted octanol–water partition coefficient (Wildman–Crippen LogP) is 4.23. The predicted molar refractivity (Wildman–Crippen MR) is 158 cm³/mol. The van der Waals surface area contributed by atoms with E-state index in [2.05, 4.69) is 34.5 Å². The van der Waals surface area contributed by atoms with Crippen molar-refractivity contribution in [2.75, 3.05) is 56.3 Å². The van der Waals surface area contributed by atoms with E-state index in [4.69, 9.17) is 15.9 Å². The zero-order valence-corrected chi connectivity index (χ0v) is 23.3. The van der Waals surface area contributed by atoms with Crippen molar-refractivity contribution in [3.05, 3.63) is 88.5 Å². The molecule has 216 valence electrons. The fourth-order valence-electron chi connectivity index (χ4n) is 5.23. The molecule has 3 aromatic carbocycles. The Kier molecular flexibility index (Phi) is 8.51. The molecule has 0 saturated carbocycles. The second-order valence-electron chi connectivity index (χ2n) is 11.0. The lowest BCUT2D eigenvalue weighted by Gasteiger charge is -2.44. The summed E-state index contributed by atoms with van der Waals surface area (Å²) in [6, 6.07) is 14.8. The Hall–Kier alpha value is -4.02. The highest BCUT2D eigenvalue weighted by molar-refractivity contribution is 6.15. The number of hydrogen-bond donors (Lipinski definition) is 4. The molecular formula is C31H36F2N6O2. The first-order valence-corrected chi connectivity index (χ1v) is 13.8. The second-order valence-corrected chi connectivity index (χ2v) is 11.0. The number of nitrogens with one attached hydrogen (secondary N) is 3. The van der Waals surface area contributed by atoms with Crippen LogP contribution in [-0.4, -0.2) is 69.1 Å². The minimum atomic E-state index is -0.654. The highest BCUT2D eigenvalue weighted by Crippen LogP contribution is 2.30. The summed E-state index contributed by atoms with van der Waals surface area (Å²) in [5.74, 6) is -1.89. The van der Waals surface area contributed by atoms with Gasteiger partial charge >= 0.3 is 0 Å². The first kappa shape index (κ1) is 28.5. The molecule has 0 bridgehead atoms. The number of halogens is 2. The molecule has 41 heavy (non-hydrogen) atoms. The van der Waals surface area contributed by atoms with Gasteiger partial charge in [0, 0.05) is 67.1 Å². The number of nitrogens with zero attached hydrogens (tertiary/aromatic N) is 2. The zero-order chi connectivity index (χ0) is 29.1. The molecule has 8 nitrogen and oxygen atoms in total. The lowest BCUT2D eigenvalue weighted by molar-refractivity contribution is 0.0904. The third-order valence-electron chi connectivity index (χ3n) is 7.74. The Morgan fingerprint density at radius 1 is 1.00 bits per heavy atom. The Morgan fingerprint density at radius 3 is 2.39 bits per heavy atom. The van der Waals surface area contributed by atoms with Crippen LogP contribution in [0, 0.1) is 17.0 Å². The number of carbonyl (C=O) groups is 1. The average molecular weight is 563 g/mol. The highest BCUT2D eigenvalue weighted by Gasteiger charge is 2.29. The molecule has 0 unspecified atom stereocenters. The van der Waals surface area contributed by atoms with E-state index in [9.17, 15) is 13.6 Å². The van der Waals surface area contributed by atoms with E-state index in [0.29, 0.717) is 52.9 Å². The molecule has 0 aromatic heterocycles. The number of anilines is 3. The Bertz CT molecular complexity index is 1410. The summed E-state index contributed by atoms with van der Waals surface area (Å²) in [4.78, 5) is 18.0. The number of amides is 1. The molecule has 5 N–H and O–H groups in total. The van der Waals surface area contributed by atoms with Gasteiger partial charge in [0.25, 0.3) is 5.91 Å². The van der Waals surface area contributed by atoms with E-state index in [1.165, 1.54) is 12.1 Å². The minimum Gasteiger partial charge on any atom is -0.398 e. The van der Waals surface area contributed by atoms with Gasteiger partial charge in [-0.25, -0.2) is 8.78 Å².